The number of fused-ring (bicyclic) bond motifs is 1. The molecule has 0 spiro atoms. The Morgan fingerprint density at radius 2 is 1.97 bits per heavy atom. The van der Waals surface area contributed by atoms with Crippen molar-refractivity contribution >= 4 is 38.5 Å². The molecule has 4 rings (SSSR count). The molecule has 1 aromatic carbocycles. The maximum atomic E-state index is 11.6. The Kier molecular flexibility index (Phi) is 8.61. The fourth-order valence-corrected chi connectivity index (χ4v) is 5.48. The van der Waals surface area contributed by atoms with Crippen LogP contribution in [0.3, 0.4) is 0 Å². The Morgan fingerprint density at radius 3 is 2.62 bits per heavy atom. The SMILES string of the molecule is CCn1c(-c2cc(N3CCOCC3)cnc2[C@H](C)OC)c(CC(C)(C)COC(C)=O)c2cc(Br)ccc21. The molecule has 0 aliphatic carbocycles. The first kappa shape index (κ1) is 27.6. The number of aryl methyl sites for hydroxylation is 1. The van der Waals surface area contributed by atoms with Crippen LogP contribution in [-0.4, -0.2) is 55.5 Å². The van der Waals surface area contributed by atoms with Gasteiger partial charge < -0.3 is 23.7 Å². The van der Waals surface area contributed by atoms with E-state index in [0.717, 1.165) is 53.2 Å². The summed E-state index contributed by atoms with van der Waals surface area (Å²) in [7, 11) is 1.72. The second-order valence-electron chi connectivity index (χ2n) is 10.5. The molecule has 37 heavy (non-hydrogen) atoms. The maximum Gasteiger partial charge on any atom is 0.302 e. The average molecular weight is 573 g/mol. The lowest BCUT2D eigenvalue weighted by Gasteiger charge is -2.30. The number of hydrogen-bond acceptors (Lipinski definition) is 6. The predicted molar refractivity (Wildman–Crippen MR) is 151 cm³/mol. The quantitative estimate of drug-likeness (QED) is 0.286. The van der Waals surface area contributed by atoms with Crippen LogP contribution >= 0.6 is 15.9 Å². The van der Waals surface area contributed by atoms with Gasteiger partial charge >= 0.3 is 5.97 Å². The lowest BCUT2D eigenvalue weighted by Crippen LogP contribution is -2.36. The summed E-state index contributed by atoms with van der Waals surface area (Å²) >= 11 is 3.69. The topological polar surface area (TPSA) is 65.8 Å². The first-order valence-corrected chi connectivity index (χ1v) is 13.7. The molecule has 1 fully saturated rings. The monoisotopic (exact) mass is 571 g/mol. The number of halogens is 1. The van der Waals surface area contributed by atoms with Crippen molar-refractivity contribution in [3.63, 3.8) is 0 Å². The number of anilines is 1. The number of esters is 1. The minimum absolute atomic E-state index is 0.175. The Labute approximate surface area is 228 Å². The van der Waals surface area contributed by atoms with Gasteiger partial charge in [-0.1, -0.05) is 29.8 Å². The van der Waals surface area contributed by atoms with Crippen molar-refractivity contribution in [3.05, 3.63) is 46.2 Å². The zero-order chi connectivity index (χ0) is 26.7. The number of aromatic nitrogens is 2. The number of methoxy groups -OCH3 is 1. The smallest absolute Gasteiger partial charge is 0.302 e. The van der Waals surface area contributed by atoms with Crippen LogP contribution in [0.15, 0.2) is 34.9 Å². The van der Waals surface area contributed by atoms with Gasteiger partial charge in [0, 0.05) is 60.0 Å². The lowest BCUT2D eigenvalue weighted by molar-refractivity contribution is -0.143. The number of morpholine rings is 1. The summed E-state index contributed by atoms with van der Waals surface area (Å²) in [5, 5.41) is 1.19. The van der Waals surface area contributed by atoms with Crippen molar-refractivity contribution < 1.29 is 19.0 Å². The first-order chi connectivity index (χ1) is 17.6. The molecule has 3 aromatic rings. The van der Waals surface area contributed by atoms with Gasteiger partial charge in [0.2, 0.25) is 0 Å². The number of rotatable bonds is 9. The Hall–Kier alpha value is -2.42. The fourth-order valence-electron chi connectivity index (χ4n) is 5.12. The van der Waals surface area contributed by atoms with E-state index >= 15 is 0 Å². The molecular weight excluding hydrogens is 534 g/mol. The number of ether oxygens (including phenoxy) is 3. The highest BCUT2D eigenvalue weighted by Gasteiger charge is 2.29. The van der Waals surface area contributed by atoms with Crippen molar-refractivity contribution in [3.8, 4) is 11.3 Å². The van der Waals surface area contributed by atoms with E-state index in [1.165, 1.54) is 23.4 Å². The van der Waals surface area contributed by atoms with E-state index in [9.17, 15) is 4.79 Å². The van der Waals surface area contributed by atoms with Gasteiger partial charge in [0.25, 0.3) is 0 Å². The van der Waals surface area contributed by atoms with Crippen molar-refractivity contribution in [1.29, 1.82) is 0 Å². The van der Waals surface area contributed by atoms with E-state index in [2.05, 4.69) is 70.4 Å². The van der Waals surface area contributed by atoms with Gasteiger partial charge in [-0.25, -0.2) is 0 Å². The number of carbonyl (C=O) groups excluding carboxylic acids is 1. The summed E-state index contributed by atoms with van der Waals surface area (Å²) in [5.74, 6) is -0.259. The predicted octanol–water partition coefficient (Wildman–Crippen LogP) is 6.16. The maximum absolute atomic E-state index is 11.6. The van der Waals surface area contributed by atoms with E-state index < -0.39 is 0 Å². The van der Waals surface area contributed by atoms with Crippen LogP contribution in [-0.2, 0) is 32.0 Å². The van der Waals surface area contributed by atoms with Crippen molar-refractivity contribution in [2.45, 2.75) is 53.7 Å². The molecule has 3 heterocycles. The molecule has 1 atom stereocenters. The van der Waals surface area contributed by atoms with Gasteiger partial charge in [0.15, 0.2) is 0 Å². The zero-order valence-electron chi connectivity index (χ0n) is 22.8. The second-order valence-corrected chi connectivity index (χ2v) is 11.4. The third kappa shape index (κ3) is 6.02. The third-order valence-corrected chi connectivity index (χ3v) is 7.54. The minimum Gasteiger partial charge on any atom is -0.465 e. The molecular formula is C29H38BrN3O4. The molecule has 0 unspecified atom stereocenters. The van der Waals surface area contributed by atoms with E-state index in [4.69, 9.17) is 19.2 Å². The second kappa shape index (κ2) is 11.5. The van der Waals surface area contributed by atoms with Crippen molar-refractivity contribution in [2.75, 3.05) is 44.9 Å². The van der Waals surface area contributed by atoms with Crippen LogP contribution < -0.4 is 4.90 Å². The highest BCUT2D eigenvalue weighted by atomic mass is 79.9. The lowest BCUT2D eigenvalue weighted by atomic mass is 9.84. The van der Waals surface area contributed by atoms with Gasteiger partial charge in [0.1, 0.15) is 0 Å². The zero-order valence-corrected chi connectivity index (χ0v) is 24.4. The normalized spacial score (nSPS) is 15.3. The van der Waals surface area contributed by atoms with Crippen LogP contribution in [0.4, 0.5) is 5.69 Å². The molecule has 7 nitrogen and oxygen atoms in total. The molecule has 8 heteroatoms. The number of hydrogen-bond donors (Lipinski definition) is 0. The number of carbonyl (C=O) groups is 1. The summed E-state index contributed by atoms with van der Waals surface area (Å²) in [4.78, 5) is 18.9. The molecule has 0 radical (unpaired) electrons. The highest BCUT2D eigenvalue weighted by Crippen LogP contribution is 2.42. The fraction of sp³-hybridized carbons (Fsp3) is 0.517. The first-order valence-electron chi connectivity index (χ1n) is 12.9. The molecule has 0 saturated carbocycles. The Balaban J connectivity index is 1.97. The van der Waals surface area contributed by atoms with Crippen molar-refractivity contribution in [1.82, 2.24) is 9.55 Å². The molecule has 2 aromatic heterocycles. The third-order valence-electron chi connectivity index (χ3n) is 7.04. The Bertz CT molecular complexity index is 1260. The summed E-state index contributed by atoms with van der Waals surface area (Å²) < 4.78 is 20.3. The van der Waals surface area contributed by atoms with Crippen molar-refractivity contribution in [2.24, 2.45) is 5.41 Å². The molecule has 0 N–H and O–H groups in total. The van der Waals surface area contributed by atoms with Gasteiger partial charge in [-0.2, -0.15) is 0 Å². The van der Waals surface area contributed by atoms with Crippen LogP contribution in [0.2, 0.25) is 0 Å². The van der Waals surface area contributed by atoms with Crippen LogP contribution in [0.25, 0.3) is 22.2 Å². The van der Waals surface area contributed by atoms with E-state index in [-0.39, 0.29) is 17.5 Å². The highest BCUT2D eigenvalue weighted by molar-refractivity contribution is 9.10. The Morgan fingerprint density at radius 1 is 1.24 bits per heavy atom. The summed E-state index contributed by atoms with van der Waals surface area (Å²) in [6, 6.07) is 8.73. The molecule has 1 saturated heterocycles. The summed E-state index contributed by atoms with van der Waals surface area (Å²) in [5.41, 5.74) is 6.35. The van der Waals surface area contributed by atoms with E-state index in [1.54, 1.807) is 7.11 Å². The number of nitrogens with zero attached hydrogens (tertiary/aromatic N) is 3. The van der Waals surface area contributed by atoms with Gasteiger partial charge in [0.05, 0.1) is 49.2 Å². The summed E-state index contributed by atoms with van der Waals surface area (Å²) in [6.45, 7) is 14.2. The summed E-state index contributed by atoms with van der Waals surface area (Å²) in [6.07, 6.45) is 2.52. The van der Waals surface area contributed by atoms with Gasteiger partial charge in [-0.3, -0.25) is 9.78 Å². The van der Waals surface area contributed by atoms with Gasteiger partial charge in [-0.05, 0) is 50.1 Å². The number of pyridine rings is 1. The van der Waals surface area contributed by atoms with E-state index in [1.807, 2.05) is 13.1 Å². The van der Waals surface area contributed by atoms with Crippen LogP contribution in [0.1, 0.15) is 52.0 Å². The van der Waals surface area contributed by atoms with E-state index in [0.29, 0.717) is 19.8 Å². The largest absolute Gasteiger partial charge is 0.465 e. The molecule has 0 bridgehead atoms. The standard InChI is InChI=1S/C29H38BrN3O4/c1-7-33-26-9-8-21(30)14-23(26)25(16-29(4,5)18-37-20(3)34)28(33)24-15-22(32-10-12-36-13-11-32)17-31-27(24)19(2)35-6/h8-9,14-15,17,19H,7,10-13,16,18H2,1-6H3/t19-/m0/s1. The molecule has 1 aliphatic rings. The average Bonchev–Trinajstić information content (AvgIpc) is 3.18. The molecule has 200 valence electrons. The minimum atomic E-state index is -0.266. The molecule has 0 amide bonds. The molecule has 1 aliphatic heterocycles. The van der Waals surface area contributed by atoms with Crippen LogP contribution in [0, 0.1) is 5.41 Å². The van der Waals surface area contributed by atoms with Crippen LogP contribution in [0.5, 0.6) is 0 Å². The number of benzene rings is 1. The van der Waals surface area contributed by atoms with Gasteiger partial charge in [-0.15, -0.1) is 0 Å².